The summed E-state index contributed by atoms with van der Waals surface area (Å²) < 4.78 is 5.13. The highest BCUT2D eigenvalue weighted by molar-refractivity contribution is 8.00. The first kappa shape index (κ1) is 16.4. The Morgan fingerprint density at radius 2 is 1.68 bits per heavy atom. The number of nitrogens with one attached hydrogen (secondary N) is 1. The van der Waals surface area contributed by atoms with Crippen molar-refractivity contribution in [1.82, 2.24) is 0 Å². The largest absolute Gasteiger partial charge is 0.497 e. The van der Waals surface area contributed by atoms with Gasteiger partial charge < -0.3 is 10.1 Å². The molecule has 0 aliphatic heterocycles. The summed E-state index contributed by atoms with van der Waals surface area (Å²) in [6, 6.07) is 13.8. The summed E-state index contributed by atoms with van der Waals surface area (Å²) in [6.07, 6.45) is 0. The standard InChI is InChI=1S/C18H21NO2S/c1-12-9-13(2)11-15(10-12)19-18(20)14(3)22-17-7-5-16(21-4)6-8-17/h5-11,14H,1-4H3,(H,19,20)/t14-/m1/s1. The van der Waals surface area contributed by atoms with Gasteiger partial charge in [-0.2, -0.15) is 0 Å². The van der Waals surface area contributed by atoms with Crippen LogP contribution in [0, 0.1) is 13.8 Å². The average Bonchev–Trinajstić information content (AvgIpc) is 2.46. The molecule has 0 aliphatic carbocycles. The van der Waals surface area contributed by atoms with E-state index in [1.54, 1.807) is 7.11 Å². The van der Waals surface area contributed by atoms with Gasteiger partial charge in [-0.05, 0) is 68.3 Å². The third kappa shape index (κ3) is 4.53. The van der Waals surface area contributed by atoms with Crippen LogP contribution in [0.3, 0.4) is 0 Å². The van der Waals surface area contributed by atoms with Crippen LogP contribution in [0.4, 0.5) is 5.69 Å². The summed E-state index contributed by atoms with van der Waals surface area (Å²) in [5, 5.41) is 2.81. The second kappa shape index (κ2) is 7.36. The highest BCUT2D eigenvalue weighted by atomic mass is 32.2. The van der Waals surface area contributed by atoms with Crippen molar-refractivity contribution in [3.8, 4) is 5.75 Å². The summed E-state index contributed by atoms with van der Waals surface area (Å²) >= 11 is 1.53. The number of carbonyl (C=O) groups excluding carboxylic acids is 1. The normalized spacial score (nSPS) is 11.8. The van der Waals surface area contributed by atoms with Gasteiger partial charge in [-0.1, -0.05) is 6.07 Å². The molecule has 0 bridgehead atoms. The van der Waals surface area contributed by atoms with Crippen molar-refractivity contribution in [2.45, 2.75) is 30.9 Å². The van der Waals surface area contributed by atoms with Crippen molar-refractivity contribution >= 4 is 23.4 Å². The monoisotopic (exact) mass is 315 g/mol. The molecule has 2 rings (SSSR count). The number of amides is 1. The van der Waals surface area contributed by atoms with E-state index >= 15 is 0 Å². The van der Waals surface area contributed by atoms with E-state index in [2.05, 4.69) is 11.4 Å². The number of ether oxygens (including phenoxy) is 1. The van der Waals surface area contributed by atoms with Crippen molar-refractivity contribution in [2.24, 2.45) is 0 Å². The lowest BCUT2D eigenvalue weighted by molar-refractivity contribution is -0.115. The van der Waals surface area contributed by atoms with Crippen LogP contribution in [0.2, 0.25) is 0 Å². The van der Waals surface area contributed by atoms with Gasteiger partial charge >= 0.3 is 0 Å². The Labute approximate surface area is 136 Å². The molecule has 0 aliphatic rings. The second-order valence-corrected chi connectivity index (χ2v) is 6.72. The summed E-state index contributed by atoms with van der Waals surface area (Å²) in [5.41, 5.74) is 3.14. The zero-order valence-corrected chi connectivity index (χ0v) is 14.2. The van der Waals surface area contributed by atoms with E-state index in [-0.39, 0.29) is 11.2 Å². The number of hydrogen-bond donors (Lipinski definition) is 1. The lowest BCUT2D eigenvalue weighted by Crippen LogP contribution is -2.22. The number of benzene rings is 2. The lowest BCUT2D eigenvalue weighted by atomic mass is 10.1. The molecule has 2 aromatic carbocycles. The topological polar surface area (TPSA) is 38.3 Å². The summed E-state index contributed by atoms with van der Waals surface area (Å²) in [4.78, 5) is 13.4. The van der Waals surface area contributed by atoms with Gasteiger partial charge in [0.05, 0.1) is 12.4 Å². The summed E-state index contributed by atoms with van der Waals surface area (Å²) in [5.74, 6) is 0.822. The molecule has 0 saturated heterocycles. The van der Waals surface area contributed by atoms with Crippen LogP contribution in [0.15, 0.2) is 47.4 Å². The molecule has 0 fully saturated rings. The SMILES string of the molecule is COc1ccc(S[C@H](C)C(=O)Nc2cc(C)cc(C)c2)cc1. The number of thioether (sulfide) groups is 1. The summed E-state index contributed by atoms with van der Waals surface area (Å²) in [6.45, 7) is 5.96. The first-order valence-corrected chi connectivity index (χ1v) is 8.06. The fraction of sp³-hybridized carbons (Fsp3) is 0.278. The Hall–Kier alpha value is -1.94. The molecular weight excluding hydrogens is 294 g/mol. The van der Waals surface area contributed by atoms with Crippen LogP contribution in [-0.2, 0) is 4.79 Å². The molecular formula is C18H21NO2S. The maximum absolute atomic E-state index is 12.3. The Kier molecular flexibility index (Phi) is 5.50. The first-order chi connectivity index (χ1) is 10.5. The minimum Gasteiger partial charge on any atom is -0.497 e. The molecule has 1 atom stereocenters. The zero-order chi connectivity index (χ0) is 16.1. The van der Waals surface area contributed by atoms with Crippen molar-refractivity contribution in [2.75, 3.05) is 12.4 Å². The Morgan fingerprint density at radius 3 is 2.23 bits per heavy atom. The number of rotatable bonds is 5. The van der Waals surface area contributed by atoms with Crippen LogP contribution >= 0.6 is 11.8 Å². The molecule has 0 spiro atoms. The van der Waals surface area contributed by atoms with Crippen molar-refractivity contribution in [3.63, 3.8) is 0 Å². The van der Waals surface area contributed by atoms with Crippen LogP contribution in [0.25, 0.3) is 0 Å². The molecule has 3 nitrogen and oxygen atoms in total. The van der Waals surface area contributed by atoms with Gasteiger partial charge in [0.25, 0.3) is 0 Å². The fourth-order valence-electron chi connectivity index (χ4n) is 2.20. The van der Waals surface area contributed by atoms with E-state index in [1.807, 2.05) is 57.2 Å². The van der Waals surface area contributed by atoms with Crippen molar-refractivity contribution in [1.29, 1.82) is 0 Å². The van der Waals surface area contributed by atoms with Crippen LogP contribution < -0.4 is 10.1 Å². The molecule has 0 heterocycles. The predicted octanol–water partition coefficient (Wildman–Crippen LogP) is 4.43. The maximum Gasteiger partial charge on any atom is 0.237 e. The van der Waals surface area contributed by atoms with Gasteiger partial charge in [-0.3, -0.25) is 4.79 Å². The third-order valence-electron chi connectivity index (χ3n) is 3.23. The first-order valence-electron chi connectivity index (χ1n) is 7.18. The van der Waals surface area contributed by atoms with Gasteiger partial charge in [0.15, 0.2) is 0 Å². The molecule has 1 amide bonds. The van der Waals surface area contributed by atoms with E-state index in [0.717, 1.165) is 27.5 Å². The number of anilines is 1. The zero-order valence-electron chi connectivity index (χ0n) is 13.3. The van der Waals surface area contributed by atoms with E-state index < -0.39 is 0 Å². The van der Waals surface area contributed by atoms with Crippen LogP contribution in [0.5, 0.6) is 5.75 Å². The van der Waals surface area contributed by atoms with E-state index in [9.17, 15) is 4.79 Å². The minimum atomic E-state index is -0.172. The van der Waals surface area contributed by atoms with Crippen LogP contribution in [0.1, 0.15) is 18.1 Å². The molecule has 2 aromatic rings. The van der Waals surface area contributed by atoms with Gasteiger partial charge in [0, 0.05) is 10.6 Å². The van der Waals surface area contributed by atoms with Crippen molar-refractivity contribution < 1.29 is 9.53 Å². The predicted molar refractivity (Wildman–Crippen MR) is 92.9 cm³/mol. The summed E-state index contributed by atoms with van der Waals surface area (Å²) in [7, 11) is 1.64. The smallest absolute Gasteiger partial charge is 0.237 e. The number of hydrogen-bond acceptors (Lipinski definition) is 3. The Morgan fingerprint density at radius 1 is 1.09 bits per heavy atom. The van der Waals surface area contributed by atoms with Gasteiger partial charge in [-0.25, -0.2) is 0 Å². The quantitative estimate of drug-likeness (QED) is 0.829. The highest BCUT2D eigenvalue weighted by Gasteiger charge is 2.14. The molecule has 22 heavy (non-hydrogen) atoms. The molecule has 0 saturated carbocycles. The van der Waals surface area contributed by atoms with E-state index in [0.29, 0.717) is 0 Å². The molecule has 0 unspecified atom stereocenters. The lowest BCUT2D eigenvalue weighted by Gasteiger charge is -2.13. The number of methoxy groups -OCH3 is 1. The average molecular weight is 315 g/mol. The van der Waals surface area contributed by atoms with Gasteiger partial charge in [0.1, 0.15) is 5.75 Å². The van der Waals surface area contributed by atoms with Crippen LogP contribution in [-0.4, -0.2) is 18.3 Å². The number of carbonyl (C=O) groups is 1. The molecule has 4 heteroatoms. The fourth-order valence-corrected chi connectivity index (χ4v) is 3.07. The molecule has 1 N–H and O–H groups in total. The third-order valence-corrected chi connectivity index (χ3v) is 4.34. The highest BCUT2D eigenvalue weighted by Crippen LogP contribution is 2.26. The molecule has 116 valence electrons. The second-order valence-electron chi connectivity index (χ2n) is 5.30. The number of aryl methyl sites for hydroxylation is 2. The molecule has 0 radical (unpaired) electrons. The van der Waals surface area contributed by atoms with Gasteiger partial charge in [0.2, 0.25) is 5.91 Å². The molecule has 0 aromatic heterocycles. The van der Waals surface area contributed by atoms with E-state index in [1.165, 1.54) is 11.8 Å². The Bertz CT molecular complexity index is 632. The van der Waals surface area contributed by atoms with E-state index in [4.69, 9.17) is 4.74 Å². The minimum absolute atomic E-state index is 0.00539. The Balaban J connectivity index is 1.99. The maximum atomic E-state index is 12.3. The van der Waals surface area contributed by atoms with Gasteiger partial charge in [-0.15, -0.1) is 11.8 Å². The van der Waals surface area contributed by atoms with Crippen molar-refractivity contribution in [3.05, 3.63) is 53.6 Å².